The third kappa shape index (κ3) is 4.83. The number of nitrogens with zero attached hydrogens (tertiary/aromatic N) is 2. The van der Waals surface area contributed by atoms with Crippen molar-refractivity contribution < 1.29 is 28.7 Å². The number of likely N-dealkylation sites (tertiary alicyclic amines) is 1. The van der Waals surface area contributed by atoms with Gasteiger partial charge in [0.2, 0.25) is 0 Å². The normalized spacial score (nSPS) is 17.9. The lowest BCUT2D eigenvalue weighted by Crippen LogP contribution is -2.31. The number of ether oxygens (including phenoxy) is 1. The third-order valence-electron chi connectivity index (χ3n) is 5.07. The van der Waals surface area contributed by atoms with Crippen LogP contribution in [0.3, 0.4) is 0 Å². The van der Waals surface area contributed by atoms with Crippen molar-refractivity contribution in [1.29, 1.82) is 0 Å². The summed E-state index contributed by atoms with van der Waals surface area (Å²) < 4.78 is 19.0. The van der Waals surface area contributed by atoms with Crippen LogP contribution in [0.2, 0.25) is 0 Å². The number of aliphatic hydroxyl groups is 1. The molecule has 8 nitrogen and oxygen atoms in total. The maximum atomic E-state index is 13.5. The van der Waals surface area contributed by atoms with Gasteiger partial charge < -0.3 is 14.7 Å². The second kappa shape index (κ2) is 9.69. The minimum Gasteiger partial charge on any atom is -0.507 e. The molecule has 1 aliphatic rings. The average Bonchev–Trinajstić information content (AvgIpc) is 3.01. The van der Waals surface area contributed by atoms with Crippen LogP contribution in [0.25, 0.3) is 5.76 Å². The molecule has 1 saturated heterocycles. The Morgan fingerprint density at radius 2 is 1.78 bits per heavy atom. The minimum atomic E-state index is -0.926. The van der Waals surface area contributed by atoms with E-state index < -0.39 is 34.2 Å². The number of nitro benzene ring substituents is 1. The number of hydrogen-bond acceptors (Lipinski definition) is 6. The second-order valence-corrected chi connectivity index (χ2v) is 7.62. The number of non-ortho nitro benzene ring substituents is 1. The number of carbonyl (C=O) groups excluding carboxylic acids is 2. The lowest BCUT2D eigenvalue weighted by atomic mass is 9.95. The summed E-state index contributed by atoms with van der Waals surface area (Å²) >= 11 is 0. The standard InChI is InChI=1S/C23H23FN2O6/c1-14(2)32-13-3-12-25-20(15-4-8-17(24)9-5-15)19(22(28)23(25)29)21(27)16-6-10-18(11-7-16)26(30)31/h4-11,14,20,27H,3,12-13H2,1-2H3/b21-19-. The van der Waals surface area contributed by atoms with Crippen molar-refractivity contribution in [3.63, 3.8) is 0 Å². The molecule has 0 radical (unpaired) electrons. The maximum absolute atomic E-state index is 13.5. The van der Waals surface area contributed by atoms with E-state index in [1.165, 1.54) is 53.4 Å². The Morgan fingerprint density at radius 3 is 2.34 bits per heavy atom. The molecule has 1 N–H and O–H groups in total. The van der Waals surface area contributed by atoms with Gasteiger partial charge in [-0.3, -0.25) is 19.7 Å². The SMILES string of the molecule is CC(C)OCCCN1C(=O)C(=O)/C(=C(\O)c2ccc([N+](=O)[O-])cc2)C1c1ccc(F)cc1. The van der Waals surface area contributed by atoms with Crippen LogP contribution in [-0.4, -0.2) is 45.9 Å². The summed E-state index contributed by atoms with van der Waals surface area (Å²) in [5.41, 5.74) is 0.283. The van der Waals surface area contributed by atoms with Crippen LogP contribution in [0.1, 0.15) is 37.4 Å². The molecule has 1 amide bonds. The molecule has 9 heteroatoms. The summed E-state index contributed by atoms with van der Waals surface area (Å²) in [4.78, 5) is 37.3. The maximum Gasteiger partial charge on any atom is 0.295 e. The quantitative estimate of drug-likeness (QED) is 0.165. The zero-order valence-electron chi connectivity index (χ0n) is 17.7. The summed E-state index contributed by atoms with van der Waals surface area (Å²) in [6.45, 7) is 4.33. The van der Waals surface area contributed by atoms with Crippen LogP contribution < -0.4 is 0 Å². The molecule has 0 saturated carbocycles. The zero-order valence-corrected chi connectivity index (χ0v) is 17.7. The van der Waals surface area contributed by atoms with Crippen LogP contribution in [0.4, 0.5) is 10.1 Å². The predicted octanol–water partition coefficient (Wildman–Crippen LogP) is 3.97. The smallest absolute Gasteiger partial charge is 0.295 e. The molecule has 1 heterocycles. The molecule has 0 aliphatic carbocycles. The Hall–Kier alpha value is -3.59. The van der Waals surface area contributed by atoms with Crippen molar-refractivity contribution in [1.82, 2.24) is 4.90 Å². The average molecular weight is 442 g/mol. The minimum absolute atomic E-state index is 0.0143. The van der Waals surface area contributed by atoms with Crippen molar-refractivity contribution in [3.05, 3.63) is 81.2 Å². The molecular formula is C23H23FN2O6. The molecule has 0 bridgehead atoms. The molecule has 168 valence electrons. The molecule has 3 rings (SSSR count). The number of nitro groups is 1. The molecule has 32 heavy (non-hydrogen) atoms. The van der Waals surface area contributed by atoms with E-state index in [0.717, 1.165) is 0 Å². The second-order valence-electron chi connectivity index (χ2n) is 7.62. The van der Waals surface area contributed by atoms with Crippen molar-refractivity contribution in [3.8, 4) is 0 Å². The summed E-state index contributed by atoms with van der Waals surface area (Å²) in [6.07, 6.45) is 0.473. The summed E-state index contributed by atoms with van der Waals surface area (Å²) in [5.74, 6) is -2.59. The fourth-order valence-corrected chi connectivity index (χ4v) is 3.55. The first kappa shape index (κ1) is 23.1. The Bertz CT molecular complexity index is 1050. The van der Waals surface area contributed by atoms with Gasteiger partial charge in [-0.25, -0.2) is 4.39 Å². The number of carbonyl (C=O) groups is 2. The summed E-state index contributed by atoms with van der Waals surface area (Å²) in [7, 11) is 0. The first-order valence-corrected chi connectivity index (χ1v) is 10.1. The molecule has 1 fully saturated rings. The number of aliphatic hydroxyl groups excluding tert-OH is 1. The molecule has 1 atom stereocenters. The van der Waals surface area contributed by atoms with Crippen molar-refractivity contribution in [2.24, 2.45) is 0 Å². The van der Waals surface area contributed by atoms with Gasteiger partial charge >= 0.3 is 0 Å². The molecule has 0 spiro atoms. The van der Waals surface area contributed by atoms with Crippen molar-refractivity contribution >= 4 is 23.1 Å². The Kier molecular flexibility index (Phi) is 6.99. The highest BCUT2D eigenvalue weighted by Gasteiger charge is 2.45. The number of Topliss-reactive ketones (excluding diaryl/α,β-unsaturated/α-hetero) is 1. The van der Waals surface area contributed by atoms with Gasteiger partial charge in [-0.1, -0.05) is 12.1 Å². The largest absolute Gasteiger partial charge is 0.507 e. The van der Waals surface area contributed by atoms with Crippen molar-refractivity contribution in [2.45, 2.75) is 32.4 Å². The number of amides is 1. The fraction of sp³-hybridized carbons (Fsp3) is 0.304. The molecular weight excluding hydrogens is 419 g/mol. The molecule has 2 aromatic rings. The van der Waals surface area contributed by atoms with Gasteiger partial charge in [-0.05, 0) is 50.1 Å². The van der Waals surface area contributed by atoms with E-state index in [2.05, 4.69) is 0 Å². The monoisotopic (exact) mass is 442 g/mol. The predicted molar refractivity (Wildman–Crippen MR) is 114 cm³/mol. The highest BCUT2D eigenvalue weighted by atomic mass is 19.1. The van der Waals surface area contributed by atoms with E-state index in [4.69, 9.17) is 4.74 Å². The Balaban J connectivity index is 2.02. The topological polar surface area (TPSA) is 110 Å². The number of halogens is 1. The number of benzene rings is 2. The molecule has 1 unspecified atom stereocenters. The van der Waals surface area contributed by atoms with E-state index >= 15 is 0 Å². The third-order valence-corrected chi connectivity index (χ3v) is 5.07. The van der Waals surface area contributed by atoms with Gasteiger partial charge in [0.05, 0.1) is 22.6 Å². The molecule has 2 aromatic carbocycles. The lowest BCUT2D eigenvalue weighted by Gasteiger charge is -2.25. The zero-order chi connectivity index (χ0) is 23.4. The van der Waals surface area contributed by atoms with Crippen LogP contribution in [-0.2, 0) is 14.3 Å². The first-order chi connectivity index (χ1) is 15.2. The van der Waals surface area contributed by atoms with Crippen LogP contribution >= 0.6 is 0 Å². The van der Waals surface area contributed by atoms with Crippen LogP contribution in [0, 0.1) is 15.9 Å². The summed E-state index contributed by atoms with van der Waals surface area (Å²) in [6, 6.07) is 9.40. The van der Waals surface area contributed by atoms with Crippen LogP contribution in [0.5, 0.6) is 0 Å². The van der Waals surface area contributed by atoms with E-state index in [0.29, 0.717) is 18.6 Å². The number of rotatable bonds is 8. The number of hydrogen-bond donors (Lipinski definition) is 1. The van der Waals surface area contributed by atoms with Gasteiger partial charge in [0.15, 0.2) is 0 Å². The summed E-state index contributed by atoms with van der Waals surface area (Å²) in [5, 5.41) is 21.8. The van der Waals surface area contributed by atoms with E-state index in [-0.39, 0.29) is 29.5 Å². The van der Waals surface area contributed by atoms with Gasteiger partial charge in [-0.15, -0.1) is 0 Å². The van der Waals surface area contributed by atoms with Gasteiger partial charge in [0, 0.05) is 30.8 Å². The van der Waals surface area contributed by atoms with E-state index in [1.54, 1.807) is 0 Å². The first-order valence-electron chi connectivity index (χ1n) is 10.1. The van der Waals surface area contributed by atoms with Gasteiger partial charge in [0.1, 0.15) is 11.6 Å². The molecule has 0 aromatic heterocycles. The van der Waals surface area contributed by atoms with E-state index in [1.807, 2.05) is 13.8 Å². The van der Waals surface area contributed by atoms with Gasteiger partial charge in [-0.2, -0.15) is 0 Å². The van der Waals surface area contributed by atoms with Gasteiger partial charge in [0.25, 0.3) is 17.4 Å². The highest BCUT2D eigenvalue weighted by molar-refractivity contribution is 6.46. The van der Waals surface area contributed by atoms with Crippen LogP contribution in [0.15, 0.2) is 54.1 Å². The fourth-order valence-electron chi connectivity index (χ4n) is 3.55. The Labute approximate surface area is 184 Å². The van der Waals surface area contributed by atoms with Crippen molar-refractivity contribution in [2.75, 3.05) is 13.2 Å². The number of ketones is 1. The Morgan fingerprint density at radius 1 is 1.16 bits per heavy atom. The van der Waals surface area contributed by atoms with E-state index in [9.17, 15) is 29.2 Å². The molecule has 1 aliphatic heterocycles. The lowest BCUT2D eigenvalue weighted by molar-refractivity contribution is -0.384. The highest BCUT2D eigenvalue weighted by Crippen LogP contribution is 2.39.